The SMILES string of the molecule is CC1(O)Cc2cc(OCc3ccccc3)ccc21.Cl.N. The van der Waals surface area contributed by atoms with E-state index in [4.69, 9.17) is 4.74 Å². The van der Waals surface area contributed by atoms with Crippen molar-refractivity contribution >= 4 is 12.4 Å². The van der Waals surface area contributed by atoms with E-state index < -0.39 is 5.60 Å². The molecule has 0 spiro atoms. The van der Waals surface area contributed by atoms with Gasteiger partial charge in [0.25, 0.3) is 0 Å². The second-order valence-electron chi connectivity index (χ2n) is 5.04. The van der Waals surface area contributed by atoms with E-state index in [2.05, 4.69) is 0 Å². The Labute approximate surface area is 125 Å². The summed E-state index contributed by atoms with van der Waals surface area (Å²) < 4.78 is 5.75. The minimum absolute atomic E-state index is 0. The molecule has 0 heterocycles. The van der Waals surface area contributed by atoms with Gasteiger partial charge in [0.05, 0.1) is 5.60 Å². The largest absolute Gasteiger partial charge is 0.489 e. The van der Waals surface area contributed by atoms with Crippen LogP contribution in [0.2, 0.25) is 0 Å². The molecule has 20 heavy (non-hydrogen) atoms. The third-order valence-electron chi connectivity index (χ3n) is 3.44. The van der Waals surface area contributed by atoms with Gasteiger partial charge >= 0.3 is 0 Å². The van der Waals surface area contributed by atoms with E-state index in [1.54, 1.807) is 0 Å². The molecule has 1 aliphatic carbocycles. The van der Waals surface area contributed by atoms with E-state index in [1.165, 1.54) is 5.56 Å². The van der Waals surface area contributed by atoms with Gasteiger partial charge in [0.15, 0.2) is 0 Å². The highest BCUT2D eigenvalue weighted by Gasteiger charge is 2.36. The molecular weight excluding hydrogens is 274 g/mol. The summed E-state index contributed by atoms with van der Waals surface area (Å²) in [4.78, 5) is 0. The Morgan fingerprint density at radius 3 is 2.45 bits per heavy atom. The van der Waals surface area contributed by atoms with Crippen LogP contribution in [0.3, 0.4) is 0 Å². The molecule has 4 N–H and O–H groups in total. The van der Waals surface area contributed by atoms with Crippen LogP contribution < -0.4 is 10.9 Å². The summed E-state index contributed by atoms with van der Waals surface area (Å²) in [5, 5.41) is 9.92. The maximum Gasteiger partial charge on any atom is 0.120 e. The second-order valence-corrected chi connectivity index (χ2v) is 5.04. The summed E-state index contributed by atoms with van der Waals surface area (Å²) in [6.45, 7) is 2.43. The van der Waals surface area contributed by atoms with Crippen LogP contribution in [0, 0.1) is 0 Å². The van der Waals surface area contributed by atoms with Gasteiger partial charge in [-0.05, 0) is 35.7 Å². The molecule has 2 aromatic carbocycles. The molecule has 0 amide bonds. The molecule has 4 heteroatoms. The van der Waals surface area contributed by atoms with E-state index in [9.17, 15) is 5.11 Å². The first-order valence-corrected chi connectivity index (χ1v) is 6.18. The topological polar surface area (TPSA) is 64.5 Å². The highest BCUT2D eigenvalue weighted by molar-refractivity contribution is 5.85. The quantitative estimate of drug-likeness (QED) is 0.908. The van der Waals surface area contributed by atoms with Gasteiger partial charge in [-0.15, -0.1) is 12.4 Å². The van der Waals surface area contributed by atoms with Crippen molar-refractivity contribution in [1.82, 2.24) is 6.15 Å². The lowest BCUT2D eigenvalue weighted by Crippen LogP contribution is -2.35. The van der Waals surface area contributed by atoms with Crippen molar-refractivity contribution < 1.29 is 9.84 Å². The van der Waals surface area contributed by atoms with E-state index in [-0.39, 0.29) is 18.6 Å². The molecule has 0 saturated heterocycles. The van der Waals surface area contributed by atoms with Crippen molar-refractivity contribution in [3.63, 3.8) is 0 Å². The average Bonchev–Trinajstić information content (AvgIpc) is 2.36. The van der Waals surface area contributed by atoms with Gasteiger partial charge < -0.3 is 16.0 Å². The fourth-order valence-electron chi connectivity index (χ4n) is 2.43. The molecule has 2 aromatic rings. The van der Waals surface area contributed by atoms with Crippen molar-refractivity contribution in [1.29, 1.82) is 0 Å². The van der Waals surface area contributed by atoms with Gasteiger partial charge in [-0.25, -0.2) is 0 Å². The van der Waals surface area contributed by atoms with Gasteiger partial charge in [-0.1, -0.05) is 36.4 Å². The van der Waals surface area contributed by atoms with Gasteiger partial charge in [0.1, 0.15) is 12.4 Å². The molecular formula is C16H20ClNO2. The van der Waals surface area contributed by atoms with Crippen LogP contribution in [-0.2, 0) is 18.6 Å². The number of ether oxygens (including phenoxy) is 1. The van der Waals surface area contributed by atoms with E-state index in [0.29, 0.717) is 13.0 Å². The van der Waals surface area contributed by atoms with Gasteiger partial charge in [-0.3, -0.25) is 0 Å². The number of aliphatic hydroxyl groups is 1. The number of fused-ring (bicyclic) bond motifs is 1. The number of hydrogen-bond donors (Lipinski definition) is 2. The first kappa shape index (κ1) is 16.5. The summed E-state index contributed by atoms with van der Waals surface area (Å²) in [7, 11) is 0. The van der Waals surface area contributed by atoms with Crippen LogP contribution in [0.15, 0.2) is 48.5 Å². The zero-order valence-electron chi connectivity index (χ0n) is 11.5. The number of halogens is 1. The van der Waals surface area contributed by atoms with Crippen molar-refractivity contribution in [2.45, 2.75) is 25.6 Å². The highest BCUT2D eigenvalue weighted by Crippen LogP contribution is 2.40. The molecule has 1 aliphatic rings. The van der Waals surface area contributed by atoms with Crippen molar-refractivity contribution in [3.8, 4) is 5.75 Å². The number of rotatable bonds is 3. The summed E-state index contributed by atoms with van der Waals surface area (Å²) >= 11 is 0. The predicted octanol–water partition coefficient (Wildman–Crippen LogP) is 3.61. The molecule has 0 radical (unpaired) electrons. The lowest BCUT2D eigenvalue weighted by molar-refractivity contribution is 0.0327. The summed E-state index contributed by atoms with van der Waals surface area (Å²) in [6, 6.07) is 16.0. The monoisotopic (exact) mass is 293 g/mol. The molecule has 1 atom stereocenters. The summed E-state index contributed by atoms with van der Waals surface area (Å²) in [5.41, 5.74) is 2.72. The minimum Gasteiger partial charge on any atom is -0.489 e. The maximum atomic E-state index is 9.92. The summed E-state index contributed by atoms with van der Waals surface area (Å²) in [5.74, 6) is 0.869. The van der Waals surface area contributed by atoms with Crippen LogP contribution >= 0.6 is 12.4 Å². The number of hydrogen-bond acceptors (Lipinski definition) is 3. The molecule has 0 aliphatic heterocycles. The minimum atomic E-state index is -0.646. The lowest BCUT2D eigenvalue weighted by Gasteiger charge is -2.36. The van der Waals surface area contributed by atoms with Crippen LogP contribution in [0.25, 0.3) is 0 Å². The smallest absolute Gasteiger partial charge is 0.120 e. The average molecular weight is 294 g/mol. The van der Waals surface area contributed by atoms with Crippen molar-refractivity contribution in [2.24, 2.45) is 0 Å². The Morgan fingerprint density at radius 1 is 1.15 bits per heavy atom. The Kier molecular flexibility index (Phi) is 5.17. The fraction of sp³-hybridized carbons (Fsp3) is 0.250. The molecule has 0 fully saturated rings. The maximum absolute atomic E-state index is 9.92. The Bertz CT molecular complexity index is 570. The lowest BCUT2D eigenvalue weighted by atomic mass is 9.75. The van der Waals surface area contributed by atoms with Crippen LogP contribution in [0.5, 0.6) is 5.75 Å². The van der Waals surface area contributed by atoms with Crippen LogP contribution in [-0.4, -0.2) is 5.11 Å². The molecule has 108 valence electrons. The Hall–Kier alpha value is -1.55. The highest BCUT2D eigenvalue weighted by atomic mass is 35.5. The zero-order valence-corrected chi connectivity index (χ0v) is 12.3. The predicted molar refractivity (Wildman–Crippen MR) is 82.8 cm³/mol. The summed E-state index contributed by atoms with van der Waals surface area (Å²) in [6.07, 6.45) is 0.713. The van der Waals surface area contributed by atoms with E-state index in [1.807, 2.05) is 55.5 Å². The Morgan fingerprint density at radius 2 is 1.85 bits per heavy atom. The second kappa shape index (κ2) is 6.27. The van der Waals surface area contributed by atoms with Crippen LogP contribution in [0.1, 0.15) is 23.6 Å². The molecule has 3 rings (SSSR count). The normalized spacial score (nSPS) is 18.9. The number of benzene rings is 2. The van der Waals surface area contributed by atoms with Gasteiger partial charge in [0, 0.05) is 6.42 Å². The zero-order chi connectivity index (χ0) is 12.6. The first-order chi connectivity index (χ1) is 8.65. The van der Waals surface area contributed by atoms with Crippen LogP contribution in [0.4, 0.5) is 0 Å². The van der Waals surface area contributed by atoms with Crippen molar-refractivity contribution in [3.05, 3.63) is 65.2 Å². The molecule has 1 unspecified atom stereocenters. The Balaban J connectivity index is 0.000001000. The standard InChI is InChI=1S/C16H16O2.ClH.H3N/c1-16(17)10-13-9-14(7-8-15(13)16)18-11-12-5-3-2-4-6-12;;/h2-9,17H,10-11H2,1H3;1H;1H3. The first-order valence-electron chi connectivity index (χ1n) is 6.18. The molecule has 3 nitrogen and oxygen atoms in total. The molecule has 0 aromatic heterocycles. The van der Waals surface area contributed by atoms with Gasteiger partial charge in [-0.2, -0.15) is 0 Å². The molecule has 0 bridgehead atoms. The third-order valence-corrected chi connectivity index (χ3v) is 3.44. The fourth-order valence-corrected chi connectivity index (χ4v) is 2.43. The molecule has 0 saturated carbocycles. The van der Waals surface area contributed by atoms with E-state index >= 15 is 0 Å². The van der Waals surface area contributed by atoms with Gasteiger partial charge in [0.2, 0.25) is 0 Å². The van der Waals surface area contributed by atoms with E-state index in [0.717, 1.165) is 16.9 Å². The third kappa shape index (κ3) is 3.12. The van der Waals surface area contributed by atoms with Crippen molar-refractivity contribution in [2.75, 3.05) is 0 Å².